The number of hydrogen-bond acceptors (Lipinski definition) is 4. The van der Waals surface area contributed by atoms with Gasteiger partial charge in [-0.1, -0.05) is 54.3 Å². The number of nitrogens with zero attached hydrogens (tertiary/aromatic N) is 1. The quantitative estimate of drug-likeness (QED) is 0.500. The summed E-state index contributed by atoms with van der Waals surface area (Å²) in [5.74, 6) is -0.800. The highest BCUT2D eigenvalue weighted by Gasteiger charge is 2.32. The van der Waals surface area contributed by atoms with Gasteiger partial charge in [0, 0.05) is 18.7 Å². The molecule has 0 saturated carbocycles. The number of hydrogen-bond donors (Lipinski definition) is 1. The summed E-state index contributed by atoms with van der Waals surface area (Å²) in [5.41, 5.74) is 1.11. The summed E-state index contributed by atoms with van der Waals surface area (Å²) < 4.78 is 38.7. The first-order valence-corrected chi connectivity index (χ1v) is 10.2. The number of benzene rings is 2. The molecule has 1 heterocycles. The lowest BCUT2D eigenvalue weighted by Crippen LogP contribution is -2.31. The average molecular weight is 451 g/mol. The second-order valence-corrected chi connectivity index (χ2v) is 8.24. The van der Waals surface area contributed by atoms with E-state index in [0.717, 1.165) is 35.0 Å². The number of thioether (sulfide) groups is 1. The minimum absolute atomic E-state index is 0.0414. The molecule has 9 heteroatoms. The molecule has 30 heavy (non-hydrogen) atoms. The molecule has 0 aliphatic carbocycles. The first kappa shape index (κ1) is 22.0. The predicted octanol–water partition coefficient (Wildman–Crippen LogP) is 5.24. The molecule has 1 saturated heterocycles. The highest BCUT2D eigenvalue weighted by molar-refractivity contribution is 8.26. The Morgan fingerprint density at radius 1 is 1.20 bits per heavy atom. The lowest BCUT2D eigenvalue weighted by Gasteiger charge is -2.14. The monoisotopic (exact) mass is 450 g/mol. The van der Waals surface area contributed by atoms with Gasteiger partial charge in [0.2, 0.25) is 5.91 Å². The number of anilines is 1. The van der Waals surface area contributed by atoms with Crippen molar-refractivity contribution in [3.63, 3.8) is 0 Å². The van der Waals surface area contributed by atoms with Crippen molar-refractivity contribution in [2.75, 3.05) is 11.9 Å². The Kier molecular flexibility index (Phi) is 6.62. The molecule has 3 rings (SSSR count). The van der Waals surface area contributed by atoms with Gasteiger partial charge in [-0.2, -0.15) is 13.2 Å². The number of thiocarbonyl (C=S) groups is 1. The van der Waals surface area contributed by atoms with Crippen molar-refractivity contribution < 1.29 is 22.8 Å². The van der Waals surface area contributed by atoms with E-state index in [2.05, 4.69) is 5.32 Å². The molecule has 1 aliphatic rings. The summed E-state index contributed by atoms with van der Waals surface area (Å²) in [4.78, 5) is 26.6. The summed E-state index contributed by atoms with van der Waals surface area (Å²) in [5, 5.41) is 2.42. The topological polar surface area (TPSA) is 49.4 Å². The molecule has 2 aromatic rings. The Bertz CT molecular complexity index is 1030. The number of halogens is 3. The molecule has 2 aromatic carbocycles. The lowest BCUT2D eigenvalue weighted by atomic mass is 10.1. The van der Waals surface area contributed by atoms with Crippen molar-refractivity contribution in [2.24, 2.45) is 0 Å². The number of carbonyl (C=O) groups excluding carboxylic acids is 2. The highest BCUT2D eigenvalue weighted by Crippen LogP contribution is 2.33. The maximum atomic E-state index is 12.8. The Morgan fingerprint density at radius 2 is 1.93 bits per heavy atom. The molecule has 2 amide bonds. The summed E-state index contributed by atoms with van der Waals surface area (Å²) in [6, 6.07) is 12.0. The normalized spacial score (nSPS) is 15.7. The van der Waals surface area contributed by atoms with Crippen LogP contribution < -0.4 is 5.32 Å². The van der Waals surface area contributed by atoms with E-state index < -0.39 is 17.6 Å². The minimum Gasteiger partial charge on any atom is -0.326 e. The Morgan fingerprint density at radius 3 is 2.63 bits per heavy atom. The van der Waals surface area contributed by atoms with Crippen LogP contribution in [0.15, 0.2) is 53.4 Å². The van der Waals surface area contributed by atoms with Gasteiger partial charge in [0.1, 0.15) is 4.32 Å². The second-order valence-electron chi connectivity index (χ2n) is 6.57. The molecule has 0 aromatic heterocycles. The number of aryl methyl sites for hydroxylation is 1. The molecule has 1 N–H and O–H groups in total. The maximum Gasteiger partial charge on any atom is 0.416 e. The smallest absolute Gasteiger partial charge is 0.326 e. The van der Waals surface area contributed by atoms with E-state index in [0.29, 0.717) is 9.23 Å². The van der Waals surface area contributed by atoms with Crippen LogP contribution in [0.3, 0.4) is 0 Å². The molecular formula is C21H17F3N2O2S2. The first-order chi connectivity index (χ1) is 14.1. The Labute approximate surface area is 181 Å². The van der Waals surface area contributed by atoms with Gasteiger partial charge in [0.15, 0.2) is 0 Å². The van der Waals surface area contributed by atoms with Gasteiger partial charge >= 0.3 is 6.18 Å². The van der Waals surface area contributed by atoms with E-state index in [-0.39, 0.29) is 24.6 Å². The van der Waals surface area contributed by atoms with Crippen LogP contribution in [0.4, 0.5) is 18.9 Å². The number of nitrogens with one attached hydrogen (secondary N) is 1. The number of alkyl halides is 3. The van der Waals surface area contributed by atoms with E-state index >= 15 is 0 Å². The lowest BCUT2D eigenvalue weighted by molar-refractivity contribution is -0.137. The molecule has 4 nitrogen and oxygen atoms in total. The van der Waals surface area contributed by atoms with Crippen molar-refractivity contribution in [1.29, 1.82) is 0 Å². The van der Waals surface area contributed by atoms with Crippen LogP contribution in [0.5, 0.6) is 0 Å². The third-order valence-electron chi connectivity index (χ3n) is 4.38. The van der Waals surface area contributed by atoms with E-state index in [9.17, 15) is 22.8 Å². The molecule has 1 aliphatic heterocycles. The zero-order valence-electron chi connectivity index (χ0n) is 15.8. The van der Waals surface area contributed by atoms with Crippen molar-refractivity contribution in [1.82, 2.24) is 4.90 Å². The summed E-state index contributed by atoms with van der Waals surface area (Å²) in [6.45, 7) is 1.98. The summed E-state index contributed by atoms with van der Waals surface area (Å²) >= 11 is 6.41. The van der Waals surface area contributed by atoms with Crippen molar-refractivity contribution in [3.05, 3.63) is 70.1 Å². The van der Waals surface area contributed by atoms with Crippen LogP contribution in [0.1, 0.15) is 23.1 Å². The molecule has 1 fully saturated rings. The third kappa shape index (κ3) is 5.28. The Balaban J connectivity index is 1.62. The highest BCUT2D eigenvalue weighted by atomic mass is 32.2. The van der Waals surface area contributed by atoms with Crippen molar-refractivity contribution in [3.8, 4) is 0 Å². The van der Waals surface area contributed by atoms with Crippen LogP contribution in [-0.2, 0) is 15.8 Å². The SMILES string of the molecule is Cc1ccccc1/C=C1\SC(=S)N(CCC(=O)Nc2cccc(C(F)(F)F)c2)C1=O. The van der Waals surface area contributed by atoms with E-state index in [1.54, 1.807) is 6.08 Å². The van der Waals surface area contributed by atoms with Crippen LogP contribution in [0, 0.1) is 6.92 Å². The zero-order valence-corrected chi connectivity index (χ0v) is 17.5. The van der Waals surface area contributed by atoms with Crippen molar-refractivity contribution >= 4 is 51.9 Å². The fourth-order valence-corrected chi connectivity index (χ4v) is 4.09. The van der Waals surface area contributed by atoms with Crippen LogP contribution in [-0.4, -0.2) is 27.6 Å². The molecule has 0 radical (unpaired) electrons. The fraction of sp³-hybridized carbons (Fsp3) is 0.190. The summed E-state index contributed by atoms with van der Waals surface area (Å²) in [6.07, 6.45) is -2.83. The van der Waals surface area contributed by atoms with Crippen molar-refractivity contribution in [2.45, 2.75) is 19.5 Å². The molecule has 0 atom stereocenters. The third-order valence-corrected chi connectivity index (χ3v) is 5.76. The standard InChI is InChI=1S/C21H17F3N2O2S2/c1-13-5-2-3-6-14(13)11-17-19(28)26(20(29)30-17)10-9-18(27)25-16-8-4-7-15(12-16)21(22,23)24/h2-8,11-12H,9-10H2,1H3,(H,25,27)/b17-11-. The van der Waals surface area contributed by atoms with Gasteiger partial charge in [-0.05, 0) is 42.3 Å². The molecule has 0 spiro atoms. The maximum absolute atomic E-state index is 12.8. The van der Waals surface area contributed by atoms with Crippen LogP contribution in [0.2, 0.25) is 0 Å². The molecular weight excluding hydrogens is 433 g/mol. The number of rotatable bonds is 5. The molecule has 156 valence electrons. The minimum atomic E-state index is -4.49. The van der Waals surface area contributed by atoms with Gasteiger partial charge in [-0.25, -0.2) is 0 Å². The number of carbonyl (C=O) groups is 2. The van der Waals surface area contributed by atoms with Gasteiger partial charge < -0.3 is 5.32 Å². The van der Waals surface area contributed by atoms with E-state index in [4.69, 9.17) is 12.2 Å². The van der Waals surface area contributed by atoms with Gasteiger partial charge in [-0.15, -0.1) is 0 Å². The van der Waals surface area contributed by atoms with Gasteiger partial charge in [0.05, 0.1) is 10.5 Å². The summed E-state index contributed by atoms with van der Waals surface area (Å²) in [7, 11) is 0. The average Bonchev–Trinajstić information content (AvgIpc) is 2.94. The molecule has 0 bridgehead atoms. The largest absolute Gasteiger partial charge is 0.416 e. The first-order valence-electron chi connectivity index (χ1n) is 8.93. The van der Waals surface area contributed by atoms with Gasteiger partial charge in [-0.3, -0.25) is 14.5 Å². The zero-order chi connectivity index (χ0) is 21.9. The molecule has 0 unspecified atom stereocenters. The Hall–Kier alpha value is -2.65. The van der Waals surface area contributed by atoms with Crippen LogP contribution in [0.25, 0.3) is 6.08 Å². The second kappa shape index (κ2) is 9.01. The van der Waals surface area contributed by atoms with E-state index in [1.165, 1.54) is 17.0 Å². The van der Waals surface area contributed by atoms with E-state index in [1.807, 2.05) is 31.2 Å². The number of amides is 2. The predicted molar refractivity (Wildman–Crippen MR) is 116 cm³/mol. The fourth-order valence-electron chi connectivity index (χ4n) is 2.79. The van der Waals surface area contributed by atoms with Gasteiger partial charge in [0.25, 0.3) is 5.91 Å². The van der Waals surface area contributed by atoms with Crippen LogP contribution >= 0.6 is 24.0 Å².